The van der Waals surface area contributed by atoms with Crippen molar-refractivity contribution in [2.45, 2.75) is 42.9 Å². The van der Waals surface area contributed by atoms with E-state index in [4.69, 9.17) is 16.3 Å². The summed E-state index contributed by atoms with van der Waals surface area (Å²) < 4.78 is 5.47. The minimum Gasteiger partial charge on any atom is -0.378 e. The third kappa shape index (κ3) is 5.50. The first kappa shape index (κ1) is 25.5. The van der Waals surface area contributed by atoms with Gasteiger partial charge in [-0.2, -0.15) is 0 Å². The molecule has 184 valence electrons. The van der Waals surface area contributed by atoms with Crippen LogP contribution in [0.4, 0.5) is 5.69 Å². The van der Waals surface area contributed by atoms with Crippen molar-refractivity contribution in [1.82, 2.24) is 5.32 Å². The molecule has 0 bridgehead atoms. The van der Waals surface area contributed by atoms with E-state index in [-0.39, 0.29) is 18.1 Å². The summed E-state index contributed by atoms with van der Waals surface area (Å²) in [4.78, 5) is 30.0. The van der Waals surface area contributed by atoms with Crippen LogP contribution in [0.15, 0.2) is 76.7 Å². The molecule has 0 aliphatic carbocycles. The molecule has 5 nitrogen and oxygen atoms in total. The van der Waals surface area contributed by atoms with Crippen LogP contribution in [-0.4, -0.2) is 43.2 Å². The van der Waals surface area contributed by atoms with E-state index in [2.05, 4.69) is 22.3 Å². The van der Waals surface area contributed by atoms with Crippen LogP contribution in [-0.2, 0) is 19.9 Å². The molecule has 0 spiro atoms. The minimum absolute atomic E-state index is 0.113. The van der Waals surface area contributed by atoms with E-state index in [1.54, 1.807) is 6.07 Å². The van der Waals surface area contributed by atoms with Crippen LogP contribution in [0, 0.1) is 0 Å². The van der Waals surface area contributed by atoms with Crippen molar-refractivity contribution in [1.29, 1.82) is 0 Å². The molecule has 1 N–H and O–H groups in total. The average molecular weight is 511 g/mol. The van der Waals surface area contributed by atoms with Crippen LogP contribution < -0.4 is 10.2 Å². The second kappa shape index (κ2) is 11.0. The van der Waals surface area contributed by atoms with Crippen molar-refractivity contribution in [3.8, 4) is 0 Å². The average Bonchev–Trinajstić information content (AvgIpc) is 2.86. The third-order valence-electron chi connectivity index (χ3n) is 6.37. The lowest BCUT2D eigenvalue weighted by Crippen LogP contribution is -2.58. The number of allylic oxidation sites excluding steroid dienone is 2. The molecule has 2 aromatic rings. The summed E-state index contributed by atoms with van der Waals surface area (Å²) in [6.07, 6.45) is 4.20. The molecule has 35 heavy (non-hydrogen) atoms. The van der Waals surface area contributed by atoms with Gasteiger partial charge in [0.15, 0.2) is 5.78 Å². The maximum absolute atomic E-state index is 13.5. The van der Waals surface area contributed by atoms with Crippen molar-refractivity contribution in [2.24, 2.45) is 0 Å². The Hall–Kier alpha value is -2.54. The molecule has 0 saturated carbocycles. The number of ether oxygens (including phenoxy) is 1. The van der Waals surface area contributed by atoms with Gasteiger partial charge < -0.3 is 15.0 Å². The summed E-state index contributed by atoms with van der Waals surface area (Å²) in [6.45, 7) is 9.09. The van der Waals surface area contributed by atoms with E-state index in [9.17, 15) is 9.59 Å². The molecule has 7 heteroatoms. The van der Waals surface area contributed by atoms with Gasteiger partial charge in [0.2, 0.25) is 5.91 Å². The van der Waals surface area contributed by atoms with Crippen molar-refractivity contribution in [2.75, 3.05) is 31.2 Å². The largest absolute Gasteiger partial charge is 0.378 e. The molecule has 0 radical (unpaired) electrons. The van der Waals surface area contributed by atoms with Gasteiger partial charge in [0.25, 0.3) is 0 Å². The first-order valence-electron chi connectivity index (χ1n) is 11.8. The lowest BCUT2D eigenvalue weighted by atomic mass is 9.75. The van der Waals surface area contributed by atoms with Crippen molar-refractivity contribution in [3.63, 3.8) is 0 Å². The van der Waals surface area contributed by atoms with Gasteiger partial charge in [-0.05, 0) is 56.2 Å². The minimum atomic E-state index is -0.929. The number of amides is 1. The Balaban J connectivity index is 1.69. The highest BCUT2D eigenvalue weighted by Gasteiger charge is 2.47. The van der Waals surface area contributed by atoms with Crippen molar-refractivity contribution >= 4 is 40.7 Å². The van der Waals surface area contributed by atoms with Gasteiger partial charge in [-0.15, -0.1) is 11.8 Å². The molecular formula is C28H31ClN2O3S. The zero-order chi connectivity index (χ0) is 25.0. The second-order valence-corrected chi connectivity index (χ2v) is 10.6. The number of anilines is 1. The molecule has 2 aliphatic heterocycles. The number of hydrogen-bond donors (Lipinski definition) is 1. The molecule has 1 unspecified atom stereocenters. The molecule has 4 rings (SSSR count). The van der Waals surface area contributed by atoms with Gasteiger partial charge in [0.1, 0.15) is 5.25 Å². The number of ketones is 1. The Morgan fingerprint density at radius 3 is 2.40 bits per heavy atom. The number of halogens is 1. The van der Waals surface area contributed by atoms with Gasteiger partial charge in [0.05, 0.1) is 23.8 Å². The maximum atomic E-state index is 13.5. The topological polar surface area (TPSA) is 58.6 Å². The van der Waals surface area contributed by atoms with Crippen LogP contribution in [0.25, 0.3) is 0 Å². The number of thioether (sulfide) groups is 1. The fourth-order valence-corrected chi connectivity index (χ4v) is 5.91. The number of hydrogen-bond acceptors (Lipinski definition) is 5. The number of nitrogens with one attached hydrogen (secondary N) is 1. The maximum Gasteiger partial charge on any atom is 0.242 e. The van der Waals surface area contributed by atoms with E-state index >= 15 is 0 Å². The molecule has 2 aliphatic rings. The smallest absolute Gasteiger partial charge is 0.242 e. The summed E-state index contributed by atoms with van der Waals surface area (Å²) in [5.41, 5.74) is 3.07. The van der Waals surface area contributed by atoms with Gasteiger partial charge in [-0.1, -0.05) is 53.6 Å². The first-order chi connectivity index (χ1) is 16.8. The van der Waals surface area contributed by atoms with Crippen LogP contribution in [0.1, 0.15) is 32.8 Å². The highest BCUT2D eigenvalue weighted by Crippen LogP contribution is 2.42. The standard InChI is InChI=1S/C28H31ClN2O3S/c1-4-20(17-19(2)3)28(21-9-11-22(12-10-21)31-13-15-34-16-14-31)18-24(32)26(27(33)30-28)35-25-8-6-5-7-23(25)29/h4-12,17,26H,13-16,18H2,1-3H3,(H,30,33)/b20-4+/t26?,28-/m1/s1. The summed E-state index contributed by atoms with van der Waals surface area (Å²) >= 11 is 7.52. The van der Waals surface area contributed by atoms with Crippen LogP contribution >= 0.6 is 23.4 Å². The van der Waals surface area contributed by atoms with E-state index < -0.39 is 10.8 Å². The normalized spacial score (nSPS) is 23.1. The predicted molar refractivity (Wildman–Crippen MR) is 143 cm³/mol. The number of carbonyl (C=O) groups is 2. The molecule has 1 amide bonds. The third-order valence-corrected chi connectivity index (χ3v) is 8.14. The van der Waals surface area contributed by atoms with Gasteiger partial charge in [-0.25, -0.2) is 0 Å². The number of Topliss-reactive ketones (excluding diaryl/α,β-unsaturated/α-hetero) is 1. The Kier molecular flexibility index (Phi) is 8.05. The monoisotopic (exact) mass is 510 g/mol. The molecule has 2 aromatic carbocycles. The number of rotatable bonds is 6. The van der Waals surface area contributed by atoms with Gasteiger partial charge in [0, 0.05) is 30.1 Å². The number of piperidine rings is 1. The van der Waals surface area contributed by atoms with E-state index in [1.165, 1.54) is 11.8 Å². The van der Waals surface area contributed by atoms with Gasteiger partial charge >= 0.3 is 0 Å². The number of nitrogens with zero attached hydrogens (tertiary/aromatic N) is 1. The highest BCUT2D eigenvalue weighted by molar-refractivity contribution is 8.01. The Morgan fingerprint density at radius 2 is 1.80 bits per heavy atom. The number of carbonyl (C=O) groups excluding carboxylic acids is 2. The summed E-state index contributed by atoms with van der Waals surface area (Å²) in [5, 5.41) is 2.94. The van der Waals surface area contributed by atoms with E-state index in [0.29, 0.717) is 18.2 Å². The molecular weight excluding hydrogens is 480 g/mol. The van der Waals surface area contributed by atoms with Gasteiger partial charge in [-0.3, -0.25) is 9.59 Å². The second-order valence-electron chi connectivity index (χ2n) is 9.08. The highest BCUT2D eigenvalue weighted by atomic mass is 35.5. The lowest BCUT2D eigenvalue weighted by Gasteiger charge is -2.42. The van der Waals surface area contributed by atoms with Crippen LogP contribution in [0.3, 0.4) is 0 Å². The Bertz CT molecular complexity index is 1130. The zero-order valence-electron chi connectivity index (χ0n) is 20.3. The molecule has 2 heterocycles. The van der Waals surface area contributed by atoms with E-state index in [0.717, 1.165) is 40.4 Å². The molecule has 2 fully saturated rings. The molecule has 2 atom stereocenters. The SMILES string of the molecule is C/C=C(\C=C(C)C)[C@@]1(c2ccc(N3CCOCC3)cc2)CC(=O)C(Sc2ccccc2Cl)C(=O)N1. The zero-order valence-corrected chi connectivity index (χ0v) is 21.9. The first-order valence-corrected chi connectivity index (χ1v) is 13.1. The lowest BCUT2D eigenvalue weighted by molar-refractivity contribution is -0.132. The fourth-order valence-electron chi connectivity index (χ4n) is 4.66. The number of morpholine rings is 1. The van der Waals surface area contributed by atoms with Crippen LogP contribution in [0.5, 0.6) is 0 Å². The van der Waals surface area contributed by atoms with Crippen LogP contribution in [0.2, 0.25) is 5.02 Å². The van der Waals surface area contributed by atoms with Crippen molar-refractivity contribution < 1.29 is 14.3 Å². The van der Waals surface area contributed by atoms with Crippen molar-refractivity contribution in [3.05, 3.63) is 82.4 Å². The fraction of sp³-hybridized carbons (Fsp3) is 0.357. The molecule has 0 aromatic heterocycles. The number of benzene rings is 2. The predicted octanol–water partition coefficient (Wildman–Crippen LogP) is 5.53. The quantitative estimate of drug-likeness (QED) is 0.409. The Labute approximate surface area is 216 Å². The Morgan fingerprint density at radius 1 is 1.11 bits per heavy atom. The summed E-state index contributed by atoms with van der Waals surface area (Å²) in [7, 11) is 0. The van der Waals surface area contributed by atoms with E-state index in [1.807, 2.05) is 63.3 Å². The molecule has 2 saturated heterocycles. The summed E-state index contributed by atoms with van der Waals surface area (Å²) in [6, 6.07) is 15.5. The summed E-state index contributed by atoms with van der Waals surface area (Å²) in [5.74, 6) is -0.414.